The summed E-state index contributed by atoms with van der Waals surface area (Å²) in [5.74, 6) is -0.808. The molecule has 21 heavy (non-hydrogen) atoms. The summed E-state index contributed by atoms with van der Waals surface area (Å²) < 4.78 is 0. The highest BCUT2D eigenvalue weighted by Gasteiger charge is 2.34. The molecule has 7 heteroatoms. The molecule has 1 fully saturated rings. The van der Waals surface area contributed by atoms with Crippen molar-refractivity contribution in [3.05, 3.63) is 29.8 Å². The second kappa shape index (κ2) is 6.36. The van der Waals surface area contributed by atoms with Gasteiger partial charge in [0.2, 0.25) is 5.91 Å². The molecule has 0 atom stereocenters. The van der Waals surface area contributed by atoms with Crippen LogP contribution in [0.25, 0.3) is 0 Å². The highest BCUT2D eigenvalue weighted by Crippen LogP contribution is 2.11. The minimum absolute atomic E-state index is 0.00195. The van der Waals surface area contributed by atoms with Gasteiger partial charge in [-0.05, 0) is 24.1 Å². The standard InChI is InChI=1S/C14H17N3O4/c1-16-9-13(20)17(14(16)21)8-12(19)15-11-4-2-10(3-5-11)6-7-18/h2-5,18H,6-9H2,1H3,(H,15,19). The number of aliphatic hydroxyl groups excluding tert-OH is 1. The second-order valence-electron chi connectivity index (χ2n) is 4.84. The van der Waals surface area contributed by atoms with Gasteiger partial charge in [-0.2, -0.15) is 0 Å². The fourth-order valence-corrected chi connectivity index (χ4v) is 2.05. The zero-order valence-electron chi connectivity index (χ0n) is 11.7. The van der Waals surface area contributed by atoms with E-state index in [0.717, 1.165) is 10.5 Å². The largest absolute Gasteiger partial charge is 0.396 e. The number of carbonyl (C=O) groups is 3. The Morgan fingerprint density at radius 3 is 2.48 bits per heavy atom. The van der Waals surface area contributed by atoms with E-state index in [1.165, 1.54) is 11.9 Å². The quantitative estimate of drug-likeness (QED) is 0.750. The number of nitrogens with zero attached hydrogens (tertiary/aromatic N) is 2. The SMILES string of the molecule is CN1CC(=O)N(CC(=O)Nc2ccc(CCO)cc2)C1=O. The number of imide groups is 1. The van der Waals surface area contributed by atoms with Crippen molar-refractivity contribution in [2.45, 2.75) is 6.42 Å². The Bertz CT molecular complexity index is 556. The first-order chi connectivity index (χ1) is 10.0. The summed E-state index contributed by atoms with van der Waals surface area (Å²) in [6.45, 7) is -0.221. The number of nitrogens with one attached hydrogen (secondary N) is 1. The molecule has 0 spiro atoms. The Morgan fingerprint density at radius 2 is 1.95 bits per heavy atom. The number of benzene rings is 1. The van der Waals surface area contributed by atoms with Gasteiger partial charge < -0.3 is 15.3 Å². The molecule has 2 rings (SSSR count). The molecule has 1 saturated heterocycles. The van der Waals surface area contributed by atoms with Crippen molar-refractivity contribution in [3.8, 4) is 0 Å². The molecule has 0 aromatic heterocycles. The molecule has 1 aromatic carbocycles. The molecule has 7 nitrogen and oxygen atoms in total. The molecule has 1 aromatic rings. The summed E-state index contributed by atoms with van der Waals surface area (Å²) in [4.78, 5) is 37.3. The van der Waals surface area contributed by atoms with Gasteiger partial charge in [0.05, 0.1) is 0 Å². The number of hydrogen-bond acceptors (Lipinski definition) is 4. The van der Waals surface area contributed by atoms with Crippen LogP contribution in [-0.2, 0) is 16.0 Å². The summed E-state index contributed by atoms with van der Waals surface area (Å²) in [7, 11) is 1.51. The molecule has 1 aliphatic heterocycles. The average molecular weight is 291 g/mol. The van der Waals surface area contributed by atoms with Gasteiger partial charge in [-0.1, -0.05) is 12.1 Å². The minimum atomic E-state index is -0.464. The van der Waals surface area contributed by atoms with Crippen molar-refractivity contribution < 1.29 is 19.5 Å². The maximum Gasteiger partial charge on any atom is 0.327 e. The van der Waals surface area contributed by atoms with E-state index < -0.39 is 11.9 Å². The van der Waals surface area contributed by atoms with Crippen molar-refractivity contribution in [3.63, 3.8) is 0 Å². The Hall–Kier alpha value is -2.41. The predicted molar refractivity (Wildman–Crippen MR) is 75.6 cm³/mol. The van der Waals surface area contributed by atoms with Crippen LogP contribution >= 0.6 is 0 Å². The summed E-state index contributed by atoms with van der Waals surface area (Å²) in [5, 5.41) is 11.4. The number of urea groups is 1. The van der Waals surface area contributed by atoms with E-state index in [1.807, 2.05) is 0 Å². The van der Waals surface area contributed by atoms with Crippen LogP contribution < -0.4 is 5.32 Å². The summed E-state index contributed by atoms with van der Waals surface area (Å²) in [6.07, 6.45) is 0.553. The Labute approximate surface area is 122 Å². The lowest BCUT2D eigenvalue weighted by atomic mass is 10.1. The lowest BCUT2D eigenvalue weighted by Crippen LogP contribution is -2.38. The molecule has 4 amide bonds. The number of hydrogen-bond donors (Lipinski definition) is 2. The second-order valence-corrected chi connectivity index (χ2v) is 4.84. The van der Waals surface area contributed by atoms with Crippen molar-refractivity contribution in [1.82, 2.24) is 9.80 Å². The Balaban J connectivity index is 1.92. The van der Waals surface area contributed by atoms with Gasteiger partial charge in [-0.25, -0.2) is 4.79 Å². The normalized spacial score (nSPS) is 14.8. The van der Waals surface area contributed by atoms with Gasteiger partial charge in [0.1, 0.15) is 13.1 Å². The van der Waals surface area contributed by atoms with Gasteiger partial charge in [-0.3, -0.25) is 14.5 Å². The minimum Gasteiger partial charge on any atom is -0.396 e. The van der Waals surface area contributed by atoms with Gasteiger partial charge in [0, 0.05) is 19.3 Å². The molecule has 0 bridgehead atoms. The van der Waals surface area contributed by atoms with Crippen LogP contribution in [0.4, 0.5) is 10.5 Å². The smallest absolute Gasteiger partial charge is 0.327 e. The first-order valence-electron chi connectivity index (χ1n) is 6.56. The van der Waals surface area contributed by atoms with Crippen LogP contribution in [0.2, 0.25) is 0 Å². The van der Waals surface area contributed by atoms with E-state index in [4.69, 9.17) is 5.11 Å². The molecular weight excluding hydrogens is 274 g/mol. The lowest BCUT2D eigenvalue weighted by molar-refractivity contribution is -0.129. The lowest BCUT2D eigenvalue weighted by Gasteiger charge is -2.14. The fourth-order valence-electron chi connectivity index (χ4n) is 2.05. The van der Waals surface area contributed by atoms with Gasteiger partial charge in [-0.15, -0.1) is 0 Å². The summed E-state index contributed by atoms with van der Waals surface area (Å²) in [5.41, 5.74) is 1.54. The number of anilines is 1. The van der Waals surface area contributed by atoms with Crippen molar-refractivity contribution in [2.24, 2.45) is 0 Å². The monoisotopic (exact) mass is 291 g/mol. The maximum absolute atomic E-state index is 11.9. The maximum atomic E-state index is 11.9. The third-order valence-electron chi connectivity index (χ3n) is 3.17. The molecule has 0 radical (unpaired) electrons. The zero-order valence-corrected chi connectivity index (χ0v) is 11.7. The highest BCUT2D eigenvalue weighted by atomic mass is 16.3. The number of carbonyl (C=O) groups excluding carboxylic acids is 3. The molecule has 1 aliphatic rings. The first kappa shape index (κ1) is 15.0. The van der Waals surface area contributed by atoms with Gasteiger partial charge >= 0.3 is 6.03 Å². The van der Waals surface area contributed by atoms with Gasteiger partial charge in [0.15, 0.2) is 0 Å². The van der Waals surface area contributed by atoms with Crippen molar-refractivity contribution in [2.75, 3.05) is 32.1 Å². The van der Waals surface area contributed by atoms with Gasteiger partial charge in [0.25, 0.3) is 5.91 Å². The van der Waals surface area contributed by atoms with Crippen LogP contribution in [0.1, 0.15) is 5.56 Å². The molecule has 2 N–H and O–H groups in total. The van der Waals surface area contributed by atoms with Crippen LogP contribution in [-0.4, -0.2) is 59.5 Å². The average Bonchev–Trinajstić information content (AvgIpc) is 2.68. The van der Waals surface area contributed by atoms with Crippen LogP contribution in [0.15, 0.2) is 24.3 Å². The number of amides is 4. The van der Waals surface area contributed by atoms with E-state index >= 15 is 0 Å². The van der Waals surface area contributed by atoms with Crippen LogP contribution in [0.5, 0.6) is 0 Å². The van der Waals surface area contributed by atoms with Crippen LogP contribution in [0.3, 0.4) is 0 Å². The molecule has 1 heterocycles. The summed E-state index contributed by atoms with van der Waals surface area (Å²) in [6, 6.07) is 6.55. The third-order valence-corrected chi connectivity index (χ3v) is 3.17. The predicted octanol–water partition coefficient (Wildman–Crippen LogP) is 0.0539. The van der Waals surface area contributed by atoms with E-state index in [1.54, 1.807) is 24.3 Å². The fraction of sp³-hybridized carbons (Fsp3) is 0.357. The topological polar surface area (TPSA) is 90.0 Å². The molecule has 0 saturated carbocycles. The number of rotatable bonds is 5. The first-order valence-corrected chi connectivity index (χ1v) is 6.56. The van der Waals surface area contributed by atoms with E-state index in [0.29, 0.717) is 12.1 Å². The zero-order chi connectivity index (χ0) is 15.4. The highest BCUT2D eigenvalue weighted by molar-refractivity contribution is 6.06. The molecule has 0 unspecified atom stereocenters. The van der Waals surface area contributed by atoms with E-state index in [-0.39, 0.29) is 25.6 Å². The molecular formula is C14H17N3O4. The number of aliphatic hydroxyl groups is 1. The summed E-state index contributed by atoms with van der Waals surface area (Å²) >= 11 is 0. The Morgan fingerprint density at radius 1 is 1.29 bits per heavy atom. The van der Waals surface area contributed by atoms with Crippen molar-refractivity contribution >= 4 is 23.5 Å². The molecule has 0 aliphatic carbocycles. The van der Waals surface area contributed by atoms with E-state index in [2.05, 4.69) is 5.32 Å². The molecule has 112 valence electrons. The van der Waals surface area contributed by atoms with Crippen molar-refractivity contribution in [1.29, 1.82) is 0 Å². The van der Waals surface area contributed by atoms with E-state index in [9.17, 15) is 14.4 Å². The Kier molecular flexibility index (Phi) is 4.54. The van der Waals surface area contributed by atoms with Crippen LogP contribution in [0, 0.1) is 0 Å². The number of likely N-dealkylation sites (N-methyl/N-ethyl adjacent to an activating group) is 1. The third kappa shape index (κ3) is 3.57.